The summed E-state index contributed by atoms with van der Waals surface area (Å²) >= 11 is 0. The van der Waals surface area contributed by atoms with E-state index in [0.29, 0.717) is 34.3 Å². The molecule has 3 N–H and O–H groups in total. The van der Waals surface area contributed by atoms with Gasteiger partial charge in [-0.25, -0.2) is 4.39 Å². The van der Waals surface area contributed by atoms with Gasteiger partial charge >= 0.3 is 0 Å². The molecule has 0 saturated carbocycles. The fourth-order valence-corrected chi connectivity index (χ4v) is 3.21. The summed E-state index contributed by atoms with van der Waals surface area (Å²) in [5, 5.41) is 3.49. The first-order valence-corrected chi connectivity index (χ1v) is 9.68. The summed E-state index contributed by atoms with van der Waals surface area (Å²) in [6.07, 6.45) is 4.73. The highest BCUT2D eigenvalue weighted by atomic mass is 19.1. The number of nitrogens with one attached hydrogen (secondary N) is 1. The largest absolute Gasteiger partial charge is 0.366 e. The number of aryl methyl sites for hydroxylation is 1. The summed E-state index contributed by atoms with van der Waals surface area (Å²) in [4.78, 5) is 33.0. The minimum atomic E-state index is -0.556. The van der Waals surface area contributed by atoms with Gasteiger partial charge in [0, 0.05) is 42.0 Å². The molecule has 2 heterocycles. The lowest BCUT2D eigenvalue weighted by Crippen LogP contribution is -2.25. The summed E-state index contributed by atoms with van der Waals surface area (Å²) < 4.78 is 13.5. The van der Waals surface area contributed by atoms with Crippen LogP contribution >= 0.6 is 0 Å². The molecule has 3 rings (SSSR count). The first kappa shape index (κ1) is 21.8. The Kier molecular flexibility index (Phi) is 6.55. The van der Waals surface area contributed by atoms with E-state index in [4.69, 9.17) is 5.73 Å². The van der Waals surface area contributed by atoms with E-state index in [1.807, 2.05) is 19.1 Å². The van der Waals surface area contributed by atoms with Gasteiger partial charge in [0.25, 0.3) is 11.8 Å². The van der Waals surface area contributed by atoms with Crippen molar-refractivity contribution < 1.29 is 14.0 Å². The molecule has 0 aliphatic rings. The second kappa shape index (κ2) is 9.30. The summed E-state index contributed by atoms with van der Waals surface area (Å²) in [6.45, 7) is 6.96. The maximum atomic E-state index is 13.5. The summed E-state index contributed by atoms with van der Waals surface area (Å²) in [7, 11) is 0. The zero-order valence-corrected chi connectivity index (χ0v) is 17.4. The van der Waals surface area contributed by atoms with Crippen LogP contribution < -0.4 is 11.1 Å². The number of fused-ring (bicyclic) bond motifs is 1. The Hall–Kier alpha value is -3.87. The second-order valence-electron chi connectivity index (χ2n) is 7.32. The molecule has 0 radical (unpaired) electrons. The van der Waals surface area contributed by atoms with Gasteiger partial charge in [0.2, 0.25) is 0 Å². The maximum Gasteiger partial charge on any atom is 0.251 e. The molecule has 1 aromatic carbocycles. The number of halogens is 1. The summed E-state index contributed by atoms with van der Waals surface area (Å²) in [5.41, 5.74) is 9.67. The molecule has 0 bridgehead atoms. The number of hydrogen-bond acceptors (Lipinski definition) is 4. The van der Waals surface area contributed by atoms with E-state index in [9.17, 15) is 14.0 Å². The Bertz CT molecular complexity index is 1220. The van der Waals surface area contributed by atoms with Crippen molar-refractivity contribution in [1.29, 1.82) is 0 Å². The number of allylic oxidation sites excluding steroid dienone is 2. The number of pyridine rings is 2. The average molecular weight is 418 g/mol. The number of primary amides is 1. The van der Waals surface area contributed by atoms with Gasteiger partial charge in [-0.05, 0) is 67.0 Å². The van der Waals surface area contributed by atoms with E-state index < -0.39 is 11.7 Å². The van der Waals surface area contributed by atoms with Crippen molar-refractivity contribution in [3.63, 3.8) is 0 Å². The van der Waals surface area contributed by atoms with Crippen molar-refractivity contribution in [2.24, 2.45) is 5.73 Å². The van der Waals surface area contributed by atoms with Gasteiger partial charge in [0.15, 0.2) is 0 Å². The number of nitrogens with two attached hydrogens (primary N) is 1. The highest BCUT2D eigenvalue weighted by Crippen LogP contribution is 2.22. The van der Waals surface area contributed by atoms with Crippen LogP contribution in [0.25, 0.3) is 10.9 Å². The normalized spacial score (nSPS) is 11.7. The number of rotatable bonds is 7. The van der Waals surface area contributed by atoms with Crippen LogP contribution in [0.1, 0.15) is 44.5 Å². The van der Waals surface area contributed by atoms with Gasteiger partial charge in [-0.3, -0.25) is 19.6 Å². The first-order valence-electron chi connectivity index (χ1n) is 9.68. The molecule has 2 amide bonds. The SMILES string of the molecule is C=C/C(F)=C(\C)CNC(=O)c1ccnc(Cc2cc(C(N)=O)c3ncc(C)cc3c2)c1. The number of carbonyl (C=O) groups excluding carboxylic acids is 2. The topological polar surface area (TPSA) is 98.0 Å². The van der Waals surface area contributed by atoms with Crippen LogP contribution in [0.15, 0.2) is 66.8 Å². The van der Waals surface area contributed by atoms with Crippen LogP contribution in [0.3, 0.4) is 0 Å². The predicted molar refractivity (Wildman–Crippen MR) is 118 cm³/mol. The molecule has 6 nitrogen and oxygen atoms in total. The molecule has 7 heteroatoms. The quantitative estimate of drug-likeness (QED) is 0.571. The Morgan fingerprint density at radius 3 is 2.71 bits per heavy atom. The fourth-order valence-electron chi connectivity index (χ4n) is 3.21. The van der Waals surface area contributed by atoms with Crippen molar-refractivity contribution in [2.75, 3.05) is 6.54 Å². The minimum Gasteiger partial charge on any atom is -0.366 e. The zero-order chi connectivity index (χ0) is 22.5. The maximum absolute atomic E-state index is 13.5. The molecule has 0 spiro atoms. The van der Waals surface area contributed by atoms with Crippen LogP contribution in [0.4, 0.5) is 4.39 Å². The minimum absolute atomic E-state index is 0.0767. The molecule has 0 aliphatic heterocycles. The smallest absolute Gasteiger partial charge is 0.251 e. The number of amides is 2. The molecule has 158 valence electrons. The van der Waals surface area contributed by atoms with Crippen LogP contribution in [0.5, 0.6) is 0 Å². The second-order valence-corrected chi connectivity index (χ2v) is 7.32. The molecule has 0 saturated heterocycles. The molecule has 31 heavy (non-hydrogen) atoms. The number of carbonyl (C=O) groups is 2. The Balaban J connectivity index is 1.85. The molecular formula is C24H23FN4O2. The van der Waals surface area contributed by atoms with E-state index in [1.165, 1.54) is 0 Å². The van der Waals surface area contributed by atoms with Crippen molar-refractivity contribution in [1.82, 2.24) is 15.3 Å². The van der Waals surface area contributed by atoms with Gasteiger partial charge in [-0.2, -0.15) is 0 Å². The Morgan fingerprint density at radius 1 is 1.23 bits per heavy atom. The van der Waals surface area contributed by atoms with E-state index in [1.54, 1.807) is 37.5 Å². The Morgan fingerprint density at radius 2 is 2.00 bits per heavy atom. The van der Waals surface area contributed by atoms with Crippen molar-refractivity contribution >= 4 is 22.7 Å². The highest BCUT2D eigenvalue weighted by molar-refractivity contribution is 6.05. The third-order valence-corrected chi connectivity index (χ3v) is 4.81. The molecule has 3 aromatic rings. The lowest BCUT2D eigenvalue weighted by molar-refractivity contribution is 0.0955. The van der Waals surface area contributed by atoms with Gasteiger partial charge < -0.3 is 11.1 Å². The number of hydrogen-bond donors (Lipinski definition) is 2. The van der Waals surface area contributed by atoms with E-state index >= 15 is 0 Å². The van der Waals surface area contributed by atoms with Gasteiger partial charge in [-0.1, -0.05) is 6.58 Å². The van der Waals surface area contributed by atoms with Gasteiger partial charge in [-0.15, -0.1) is 0 Å². The lowest BCUT2D eigenvalue weighted by Gasteiger charge is -2.10. The van der Waals surface area contributed by atoms with E-state index in [0.717, 1.165) is 22.6 Å². The standard InChI is InChI=1S/C24H23FN4O2/c1-4-21(25)15(3)13-29-24(31)17-5-6-27-19(11-17)9-16-8-18-7-14(2)12-28-22(18)20(10-16)23(26)30/h4-8,10-12H,1,9,13H2,2-3H3,(H2,26,30)(H,29,31)/b21-15-. The highest BCUT2D eigenvalue weighted by Gasteiger charge is 2.13. The molecule has 0 atom stereocenters. The van der Waals surface area contributed by atoms with Crippen LogP contribution in [0.2, 0.25) is 0 Å². The molecule has 0 fully saturated rings. The summed E-state index contributed by atoms with van der Waals surface area (Å²) in [5.74, 6) is -1.35. The number of benzene rings is 1. The molecule has 0 aliphatic carbocycles. The van der Waals surface area contributed by atoms with Crippen LogP contribution in [-0.4, -0.2) is 28.3 Å². The number of aromatic nitrogens is 2. The van der Waals surface area contributed by atoms with Gasteiger partial charge in [0.05, 0.1) is 11.1 Å². The van der Waals surface area contributed by atoms with Crippen molar-refractivity contribution in [3.05, 3.63) is 94.7 Å². The monoisotopic (exact) mass is 418 g/mol. The molecule has 2 aromatic heterocycles. The zero-order valence-electron chi connectivity index (χ0n) is 17.4. The van der Waals surface area contributed by atoms with Crippen LogP contribution in [0, 0.1) is 6.92 Å². The van der Waals surface area contributed by atoms with Crippen molar-refractivity contribution in [2.45, 2.75) is 20.3 Å². The van der Waals surface area contributed by atoms with Crippen LogP contribution in [-0.2, 0) is 6.42 Å². The van der Waals surface area contributed by atoms with Crippen molar-refractivity contribution in [3.8, 4) is 0 Å². The van der Waals surface area contributed by atoms with E-state index in [2.05, 4.69) is 21.9 Å². The Labute approximate surface area is 179 Å². The third-order valence-electron chi connectivity index (χ3n) is 4.81. The van der Waals surface area contributed by atoms with Gasteiger partial charge in [0.1, 0.15) is 5.83 Å². The predicted octanol–water partition coefficient (Wildman–Crippen LogP) is 3.79. The fraction of sp³-hybridized carbons (Fsp3) is 0.167. The molecule has 0 unspecified atom stereocenters. The average Bonchev–Trinajstić information content (AvgIpc) is 2.75. The number of nitrogens with zero attached hydrogens (tertiary/aromatic N) is 2. The lowest BCUT2D eigenvalue weighted by atomic mass is 10.00. The summed E-state index contributed by atoms with van der Waals surface area (Å²) in [6, 6.07) is 8.83. The van der Waals surface area contributed by atoms with E-state index in [-0.39, 0.29) is 12.5 Å². The first-order chi connectivity index (χ1) is 14.8. The molecular weight excluding hydrogens is 395 g/mol. The third kappa shape index (κ3) is 5.19.